The Bertz CT molecular complexity index is 533. The van der Waals surface area contributed by atoms with E-state index in [0.717, 1.165) is 33.7 Å². The van der Waals surface area contributed by atoms with E-state index in [2.05, 4.69) is 35.8 Å². The molecule has 1 heterocycles. The van der Waals surface area contributed by atoms with E-state index in [1.165, 1.54) is 4.88 Å². The molecule has 0 N–H and O–H groups in total. The zero-order valence-corrected chi connectivity index (χ0v) is 14.1. The minimum atomic E-state index is -0.125. The molecule has 1 unspecified atom stereocenters. The van der Waals surface area contributed by atoms with Crippen molar-refractivity contribution in [2.75, 3.05) is 6.61 Å². The van der Waals surface area contributed by atoms with E-state index in [-0.39, 0.29) is 5.38 Å². The Morgan fingerprint density at radius 3 is 2.79 bits per heavy atom. The van der Waals surface area contributed by atoms with Crippen LogP contribution in [0.5, 0.6) is 5.75 Å². The minimum Gasteiger partial charge on any atom is -0.494 e. The highest BCUT2D eigenvalue weighted by Crippen LogP contribution is 2.38. The van der Waals surface area contributed by atoms with Crippen LogP contribution in [0.2, 0.25) is 0 Å². The summed E-state index contributed by atoms with van der Waals surface area (Å²) in [6.45, 7) is 4.92. The first-order valence-electron chi connectivity index (χ1n) is 6.24. The number of hydrogen-bond acceptors (Lipinski definition) is 2. The Labute approximate surface area is 131 Å². The van der Waals surface area contributed by atoms with E-state index in [1.807, 2.05) is 24.3 Å². The lowest BCUT2D eigenvalue weighted by Gasteiger charge is -2.10. The predicted molar refractivity (Wildman–Crippen MR) is 86.7 cm³/mol. The highest BCUT2D eigenvalue weighted by Gasteiger charge is 2.15. The summed E-state index contributed by atoms with van der Waals surface area (Å²) in [5, 5.41) is -0.125. The summed E-state index contributed by atoms with van der Waals surface area (Å²) in [7, 11) is 0. The summed E-state index contributed by atoms with van der Waals surface area (Å²) < 4.78 is 6.77. The molecule has 0 bridgehead atoms. The van der Waals surface area contributed by atoms with Gasteiger partial charge in [-0.3, -0.25) is 0 Å². The predicted octanol–water partition coefficient (Wildman–Crippen LogP) is 5.94. The molecule has 0 fully saturated rings. The van der Waals surface area contributed by atoms with Crippen molar-refractivity contribution in [2.24, 2.45) is 0 Å². The standard InChI is InChI=1S/C15H16BrClOS/c1-3-7-18-12-6-4-5-11(8-12)15(17)14-9-13(16)10(2)19-14/h4-6,8-9,15H,3,7H2,1-2H3. The van der Waals surface area contributed by atoms with E-state index >= 15 is 0 Å². The van der Waals surface area contributed by atoms with Gasteiger partial charge < -0.3 is 4.74 Å². The maximum atomic E-state index is 6.56. The lowest BCUT2D eigenvalue weighted by Crippen LogP contribution is -1.96. The number of ether oxygens (including phenoxy) is 1. The van der Waals surface area contributed by atoms with Gasteiger partial charge in [-0.1, -0.05) is 19.1 Å². The van der Waals surface area contributed by atoms with Gasteiger partial charge in [-0.2, -0.15) is 0 Å². The minimum absolute atomic E-state index is 0.125. The van der Waals surface area contributed by atoms with Gasteiger partial charge in [0.25, 0.3) is 0 Å². The summed E-state index contributed by atoms with van der Waals surface area (Å²) in [6, 6.07) is 10.1. The lowest BCUT2D eigenvalue weighted by atomic mass is 10.1. The topological polar surface area (TPSA) is 9.23 Å². The van der Waals surface area contributed by atoms with Gasteiger partial charge in [-0.05, 0) is 53.0 Å². The molecule has 4 heteroatoms. The molecule has 0 radical (unpaired) electrons. The van der Waals surface area contributed by atoms with Crippen molar-refractivity contribution >= 4 is 38.9 Å². The maximum absolute atomic E-state index is 6.56. The molecule has 1 aromatic heterocycles. The largest absolute Gasteiger partial charge is 0.494 e. The van der Waals surface area contributed by atoms with Crippen LogP contribution < -0.4 is 4.74 Å². The number of halogens is 2. The van der Waals surface area contributed by atoms with E-state index in [0.29, 0.717) is 0 Å². The second-order valence-electron chi connectivity index (χ2n) is 4.34. The van der Waals surface area contributed by atoms with Crippen LogP contribution in [0.3, 0.4) is 0 Å². The highest BCUT2D eigenvalue weighted by molar-refractivity contribution is 9.10. The molecule has 0 aliphatic carbocycles. The molecule has 0 saturated carbocycles. The molecule has 0 saturated heterocycles. The van der Waals surface area contributed by atoms with E-state index in [1.54, 1.807) is 11.3 Å². The van der Waals surface area contributed by atoms with Crippen LogP contribution in [0, 0.1) is 6.92 Å². The van der Waals surface area contributed by atoms with Gasteiger partial charge in [0.1, 0.15) is 5.75 Å². The van der Waals surface area contributed by atoms with Crippen molar-refractivity contribution in [1.29, 1.82) is 0 Å². The Kier molecular flexibility index (Phi) is 5.31. The smallest absolute Gasteiger partial charge is 0.119 e. The fourth-order valence-electron chi connectivity index (χ4n) is 1.75. The maximum Gasteiger partial charge on any atom is 0.119 e. The lowest BCUT2D eigenvalue weighted by molar-refractivity contribution is 0.317. The number of alkyl halides is 1. The van der Waals surface area contributed by atoms with Gasteiger partial charge in [0.2, 0.25) is 0 Å². The zero-order chi connectivity index (χ0) is 13.8. The normalized spacial score (nSPS) is 12.4. The third kappa shape index (κ3) is 3.74. The van der Waals surface area contributed by atoms with Crippen LogP contribution in [0.1, 0.15) is 34.0 Å². The molecular formula is C15H16BrClOS. The molecule has 1 atom stereocenters. The molecular weight excluding hydrogens is 344 g/mol. The molecule has 1 aromatic carbocycles. The Morgan fingerprint density at radius 1 is 1.37 bits per heavy atom. The first-order chi connectivity index (χ1) is 9.11. The van der Waals surface area contributed by atoms with Crippen LogP contribution in [0.15, 0.2) is 34.8 Å². The number of aryl methyl sites for hydroxylation is 1. The Hall–Kier alpha value is -0.510. The van der Waals surface area contributed by atoms with Crippen molar-refractivity contribution in [2.45, 2.75) is 25.6 Å². The molecule has 0 aliphatic rings. The van der Waals surface area contributed by atoms with Gasteiger partial charge in [-0.15, -0.1) is 22.9 Å². The van der Waals surface area contributed by atoms with Crippen molar-refractivity contribution in [3.8, 4) is 5.75 Å². The van der Waals surface area contributed by atoms with Crippen LogP contribution in [0.4, 0.5) is 0 Å². The molecule has 0 spiro atoms. The van der Waals surface area contributed by atoms with Crippen molar-refractivity contribution in [3.05, 3.63) is 50.1 Å². The summed E-state index contributed by atoms with van der Waals surface area (Å²) in [5.74, 6) is 0.886. The fraction of sp³-hybridized carbons (Fsp3) is 0.333. The van der Waals surface area contributed by atoms with E-state index in [4.69, 9.17) is 16.3 Å². The van der Waals surface area contributed by atoms with Gasteiger partial charge >= 0.3 is 0 Å². The second kappa shape index (κ2) is 6.78. The van der Waals surface area contributed by atoms with Gasteiger partial charge in [0.15, 0.2) is 0 Å². The second-order valence-corrected chi connectivity index (χ2v) is 6.92. The third-order valence-corrected chi connectivity index (χ3v) is 5.57. The zero-order valence-electron chi connectivity index (χ0n) is 11.0. The highest BCUT2D eigenvalue weighted by atomic mass is 79.9. The van der Waals surface area contributed by atoms with Crippen molar-refractivity contribution in [3.63, 3.8) is 0 Å². The molecule has 1 nitrogen and oxygen atoms in total. The quantitative estimate of drug-likeness (QED) is 0.601. The van der Waals surface area contributed by atoms with Crippen molar-refractivity contribution < 1.29 is 4.74 Å². The Balaban J connectivity index is 2.20. The van der Waals surface area contributed by atoms with Gasteiger partial charge in [-0.25, -0.2) is 0 Å². The van der Waals surface area contributed by atoms with Crippen LogP contribution >= 0.6 is 38.9 Å². The van der Waals surface area contributed by atoms with Crippen LogP contribution in [0.25, 0.3) is 0 Å². The third-order valence-electron chi connectivity index (χ3n) is 2.75. The molecule has 19 heavy (non-hydrogen) atoms. The first kappa shape index (κ1) is 14.9. The average Bonchev–Trinajstić information content (AvgIpc) is 2.76. The average molecular weight is 360 g/mol. The number of benzene rings is 1. The van der Waals surface area contributed by atoms with Gasteiger partial charge in [0, 0.05) is 14.2 Å². The van der Waals surface area contributed by atoms with Gasteiger partial charge in [0.05, 0.1) is 12.0 Å². The summed E-state index contributed by atoms with van der Waals surface area (Å²) in [5.41, 5.74) is 1.07. The monoisotopic (exact) mass is 358 g/mol. The number of thiophene rings is 1. The fourth-order valence-corrected chi connectivity index (χ4v) is 3.65. The van der Waals surface area contributed by atoms with E-state index in [9.17, 15) is 0 Å². The number of hydrogen-bond donors (Lipinski definition) is 0. The first-order valence-corrected chi connectivity index (χ1v) is 8.29. The SMILES string of the molecule is CCCOc1cccc(C(Cl)c2cc(Br)c(C)s2)c1. The molecule has 102 valence electrons. The summed E-state index contributed by atoms with van der Waals surface area (Å²) in [4.78, 5) is 2.40. The Morgan fingerprint density at radius 2 is 2.16 bits per heavy atom. The summed E-state index contributed by atoms with van der Waals surface area (Å²) >= 11 is 11.8. The molecule has 0 amide bonds. The van der Waals surface area contributed by atoms with Crippen LogP contribution in [-0.2, 0) is 0 Å². The van der Waals surface area contributed by atoms with Crippen molar-refractivity contribution in [1.82, 2.24) is 0 Å². The summed E-state index contributed by atoms with van der Waals surface area (Å²) in [6.07, 6.45) is 1.01. The van der Waals surface area contributed by atoms with Crippen LogP contribution in [-0.4, -0.2) is 6.61 Å². The van der Waals surface area contributed by atoms with E-state index < -0.39 is 0 Å². The molecule has 2 aromatic rings. The number of rotatable bonds is 5. The molecule has 2 rings (SSSR count). The molecule has 0 aliphatic heterocycles.